The second-order valence-corrected chi connectivity index (χ2v) is 5.31. The summed E-state index contributed by atoms with van der Waals surface area (Å²) in [6, 6.07) is 6.34. The summed E-state index contributed by atoms with van der Waals surface area (Å²) in [5.74, 6) is 0.884. The Bertz CT molecular complexity index is 392. The normalized spacial score (nSPS) is 15.9. The second kappa shape index (κ2) is 7.51. The van der Waals surface area contributed by atoms with Crippen LogP contribution in [0.4, 0.5) is 0 Å². The molecule has 106 valence electrons. The molecule has 0 spiro atoms. The van der Waals surface area contributed by atoms with E-state index in [0.29, 0.717) is 13.2 Å². The van der Waals surface area contributed by atoms with Crippen molar-refractivity contribution in [1.82, 2.24) is 5.32 Å². The third-order valence-electron chi connectivity index (χ3n) is 3.57. The zero-order chi connectivity index (χ0) is 13.5. The molecule has 1 aromatic carbocycles. The molecule has 0 aromatic heterocycles. The molecule has 0 amide bonds. The van der Waals surface area contributed by atoms with E-state index in [2.05, 4.69) is 24.4 Å². The van der Waals surface area contributed by atoms with Crippen molar-refractivity contribution in [3.8, 4) is 5.75 Å². The minimum Gasteiger partial charge on any atom is -0.491 e. The van der Waals surface area contributed by atoms with E-state index in [1.807, 2.05) is 6.07 Å². The largest absolute Gasteiger partial charge is 0.491 e. The third-order valence-corrected chi connectivity index (χ3v) is 3.57. The molecular weight excluding hydrogens is 238 g/mol. The summed E-state index contributed by atoms with van der Waals surface area (Å²) >= 11 is 0. The quantitative estimate of drug-likeness (QED) is 0.742. The van der Waals surface area contributed by atoms with Gasteiger partial charge in [-0.15, -0.1) is 0 Å². The van der Waals surface area contributed by atoms with E-state index in [4.69, 9.17) is 4.74 Å². The zero-order valence-electron chi connectivity index (χ0n) is 11.8. The lowest BCUT2D eigenvalue weighted by atomic mass is 9.92. The lowest BCUT2D eigenvalue weighted by Crippen LogP contribution is -2.31. The maximum atomic E-state index is 9.79. The van der Waals surface area contributed by atoms with E-state index in [0.717, 1.165) is 25.1 Å². The number of nitrogens with one attached hydrogen (secondary N) is 1. The first-order valence-corrected chi connectivity index (χ1v) is 7.43. The molecular formula is C16H25NO2. The Morgan fingerprint density at radius 1 is 1.26 bits per heavy atom. The summed E-state index contributed by atoms with van der Waals surface area (Å²) in [6.45, 7) is 4.01. The molecule has 0 bridgehead atoms. The fourth-order valence-electron chi connectivity index (χ4n) is 2.50. The highest BCUT2D eigenvalue weighted by Gasteiger charge is 2.10. The summed E-state index contributed by atoms with van der Waals surface area (Å²) < 4.78 is 5.67. The number of ether oxygens (including phenoxy) is 1. The van der Waals surface area contributed by atoms with Crippen LogP contribution >= 0.6 is 0 Å². The van der Waals surface area contributed by atoms with E-state index in [-0.39, 0.29) is 0 Å². The van der Waals surface area contributed by atoms with Gasteiger partial charge in [0.25, 0.3) is 0 Å². The molecule has 1 atom stereocenters. The van der Waals surface area contributed by atoms with Crippen LogP contribution in [-0.4, -0.2) is 30.9 Å². The third kappa shape index (κ3) is 4.51. The monoisotopic (exact) mass is 263 g/mol. The van der Waals surface area contributed by atoms with Gasteiger partial charge < -0.3 is 15.2 Å². The van der Waals surface area contributed by atoms with E-state index in [1.165, 1.54) is 30.4 Å². The van der Waals surface area contributed by atoms with Crippen molar-refractivity contribution in [3.63, 3.8) is 0 Å². The van der Waals surface area contributed by atoms with Crippen LogP contribution in [0.2, 0.25) is 0 Å². The summed E-state index contributed by atoms with van der Waals surface area (Å²) in [4.78, 5) is 0. The molecule has 0 saturated carbocycles. The van der Waals surface area contributed by atoms with Gasteiger partial charge in [-0.1, -0.05) is 13.0 Å². The summed E-state index contributed by atoms with van der Waals surface area (Å²) in [5.41, 5.74) is 2.88. The highest BCUT2D eigenvalue weighted by Crippen LogP contribution is 2.25. The average Bonchev–Trinajstić information content (AvgIpc) is 2.45. The lowest BCUT2D eigenvalue weighted by molar-refractivity contribution is 0.106. The van der Waals surface area contributed by atoms with Gasteiger partial charge >= 0.3 is 0 Å². The number of rotatable bonds is 7. The smallest absolute Gasteiger partial charge is 0.119 e. The van der Waals surface area contributed by atoms with Crippen LogP contribution in [0.3, 0.4) is 0 Å². The Morgan fingerprint density at radius 2 is 2.05 bits per heavy atom. The first kappa shape index (κ1) is 14.4. The maximum absolute atomic E-state index is 9.79. The average molecular weight is 263 g/mol. The van der Waals surface area contributed by atoms with Crippen molar-refractivity contribution < 1.29 is 9.84 Å². The molecule has 2 N–H and O–H groups in total. The fraction of sp³-hybridized carbons (Fsp3) is 0.625. The molecule has 0 radical (unpaired) electrons. The van der Waals surface area contributed by atoms with Gasteiger partial charge in [-0.3, -0.25) is 0 Å². The number of fused-ring (bicyclic) bond motifs is 1. The van der Waals surface area contributed by atoms with Gasteiger partial charge in [0.15, 0.2) is 0 Å². The number of hydrogen-bond donors (Lipinski definition) is 2. The van der Waals surface area contributed by atoms with Gasteiger partial charge in [-0.05, 0) is 61.9 Å². The lowest BCUT2D eigenvalue weighted by Gasteiger charge is -2.18. The Morgan fingerprint density at radius 3 is 2.84 bits per heavy atom. The van der Waals surface area contributed by atoms with Crippen molar-refractivity contribution in [2.75, 3.05) is 19.7 Å². The fourth-order valence-corrected chi connectivity index (χ4v) is 2.50. The highest BCUT2D eigenvalue weighted by atomic mass is 16.5. The van der Waals surface area contributed by atoms with E-state index in [1.54, 1.807) is 0 Å². The van der Waals surface area contributed by atoms with Gasteiger partial charge in [0, 0.05) is 6.54 Å². The molecule has 0 fully saturated rings. The topological polar surface area (TPSA) is 41.5 Å². The molecule has 0 aliphatic heterocycles. The highest BCUT2D eigenvalue weighted by molar-refractivity contribution is 5.37. The van der Waals surface area contributed by atoms with Crippen LogP contribution in [0.1, 0.15) is 37.3 Å². The Balaban J connectivity index is 1.79. The molecule has 2 rings (SSSR count). The van der Waals surface area contributed by atoms with E-state index < -0.39 is 6.10 Å². The van der Waals surface area contributed by atoms with Crippen LogP contribution < -0.4 is 10.1 Å². The molecule has 1 aromatic rings. The minimum absolute atomic E-state index is 0.357. The molecule has 3 nitrogen and oxygen atoms in total. The molecule has 0 saturated heterocycles. The summed E-state index contributed by atoms with van der Waals surface area (Å²) in [7, 11) is 0. The van der Waals surface area contributed by atoms with Gasteiger partial charge in [-0.25, -0.2) is 0 Å². The number of aryl methyl sites for hydroxylation is 2. The Labute approximate surface area is 116 Å². The van der Waals surface area contributed by atoms with Crippen LogP contribution in [0.15, 0.2) is 18.2 Å². The zero-order valence-corrected chi connectivity index (χ0v) is 11.8. The minimum atomic E-state index is -0.442. The van der Waals surface area contributed by atoms with Crippen molar-refractivity contribution >= 4 is 0 Å². The molecule has 0 heterocycles. The molecule has 1 unspecified atom stereocenters. The maximum Gasteiger partial charge on any atom is 0.119 e. The van der Waals surface area contributed by atoms with Gasteiger partial charge in [-0.2, -0.15) is 0 Å². The van der Waals surface area contributed by atoms with Crippen LogP contribution in [0.5, 0.6) is 5.75 Å². The number of aliphatic hydroxyl groups is 1. The summed E-state index contributed by atoms with van der Waals surface area (Å²) in [5, 5.41) is 13.0. The van der Waals surface area contributed by atoms with Crippen molar-refractivity contribution in [2.24, 2.45) is 0 Å². The molecule has 3 heteroatoms. The second-order valence-electron chi connectivity index (χ2n) is 5.31. The Kier molecular flexibility index (Phi) is 5.67. The first-order chi connectivity index (χ1) is 9.29. The predicted octanol–water partition coefficient (Wildman–Crippen LogP) is 2.30. The van der Waals surface area contributed by atoms with E-state index >= 15 is 0 Å². The van der Waals surface area contributed by atoms with Crippen LogP contribution in [0.25, 0.3) is 0 Å². The number of benzene rings is 1. The van der Waals surface area contributed by atoms with Crippen molar-refractivity contribution in [1.29, 1.82) is 0 Å². The van der Waals surface area contributed by atoms with Crippen molar-refractivity contribution in [2.45, 2.75) is 45.1 Å². The molecule has 1 aliphatic rings. The van der Waals surface area contributed by atoms with Crippen molar-refractivity contribution in [3.05, 3.63) is 29.3 Å². The SMILES string of the molecule is CCCNCC(O)COc1ccc2c(c1)CCCC2. The van der Waals surface area contributed by atoms with Crippen LogP contribution in [0, 0.1) is 0 Å². The van der Waals surface area contributed by atoms with Gasteiger partial charge in [0.2, 0.25) is 0 Å². The number of aliphatic hydroxyl groups excluding tert-OH is 1. The standard InChI is InChI=1S/C16H25NO2/c1-2-9-17-11-15(18)12-19-16-8-7-13-5-3-4-6-14(13)10-16/h7-8,10,15,17-18H,2-6,9,11-12H2,1H3. The van der Waals surface area contributed by atoms with E-state index in [9.17, 15) is 5.11 Å². The molecule has 19 heavy (non-hydrogen) atoms. The molecule has 1 aliphatic carbocycles. The predicted molar refractivity (Wildman–Crippen MR) is 77.7 cm³/mol. The Hall–Kier alpha value is -1.06. The van der Waals surface area contributed by atoms with Crippen LogP contribution in [-0.2, 0) is 12.8 Å². The van der Waals surface area contributed by atoms with Gasteiger partial charge in [0.05, 0.1) is 0 Å². The number of hydrogen-bond acceptors (Lipinski definition) is 3. The first-order valence-electron chi connectivity index (χ1n) is 7.43. The summed E-state index contributed by atoms with van der Waals surface area (Å²) in [6.07, 6.45) is 5.57. The van der Waals surface area contributed by atoms with Gasteiger partial charge in [0.1, 0.15) is 18.5 Å².